The molecule has 0 aliphatic carbocycles. The molecular weight excluding hydrogens is 218 g/mol. The van der Waals surface area contributed by atoms with Crippen molar-refractivity contribution in [2.45, 2.75) is 63.8 Å². The van der Waals surface area contributed by atoms with E-state index in [4.69, 9.17) is 4.74 Å². The van der Waals surface area contributed by atoms with E-state index in [9.17, 15) is 9.90 Å². The summed E-state index contributed by atoms with van der Waals surface area (Å²) in [6.07, 6.45) is 2.88. The fraction of sp³-hybridized carbons (Fsp3) is 0.923. The number of carbonyl (C=O) groups is 1. The Hall–Kier alpha value is -0.610. The second-order valence-electron chi connectivity index (χ2n) is 6.03. The van der Waals surface area contributed by atoms with Crippen molar-refractivity contribution in [1.82, 2.24) is 0 Å². The predicted molar refractivity (Wildman–Crippen MR) is 63.7 cm³/mol. The Labute approximate surface area is 103 Å². The number of ether oxygens (including phenoxy) is 1. The highest BCUT2D eigenvalue weighted by Crippen LogP contribution is 2.25. The van der Waals surface area contributed by atoms with E-state index in [0.717, 1.165) is 19.3 Å². The summed E-state index contributed by atoms with van der Waals surface area (Å²) in [4.78, 5) is 13.0. The van der Waals surface area contributed by atoms with Crippen LogP contribution in [-0.2, 0) is 9.53 Å². The molecule has 0 radical (unpaired) electrons. The molecule has 2 aliphatic rings. The average Bonchev–Trinajstić information content (AvgIpc) is 2.39. The molecule has 5 atom stereocenters. The van der Waals surface area contributed by atoms with Gasteiger partial charge < -0.3 is 14.7 Å². The quantitative estimate of drug-likeness (QED) is 0.671. The van der Waals surface area contributed by atoms with Crippen LogP contribution in [0.25, 0.3) is 0 Å². The van der Waals surface area contributed by atoms with Crippen molar-refractivity contribution >= 4 is 5.97 Å². The highest BCUT2D eigenvalue weighted by Gasteiger charge is 2.49. The summed E-state index contributed by atoms with van der Waals surface area (Å²) in [6, 6.07) is 0.714. The highest BCUT2D eigenvalue weighted by molar-refractivity contribution is 5.69. The molecule has 1 unspecified atom stereocenters. The number of likely N-dealkylation sites (N-methyl/N-ethyl adjacent to an activating group) is 1. The Morgan fingerprint density at radius 3 is 2.71 bits per heavy atom. The van der Waals surface area contributed by atoms with Gasteiger partial charge in [0.15, 0.2) is 0 Å². The summed E-state index contributed by atoms with van der Waals surface area (Å²) < 4.78 is 5.52. The van der Waals surface area contributed by atoms with Crippen molar-refractivity contribution < 1.29 is 19.5 Å². The van der Waals surface area contributed by atoms with Gasteiger partial charge >= 0.3 is 5.97 Å². The molecule has 2 aliphatic heterocycles. The van der Waals surface area contributed by atoms with Crippen LogP contribution in [0.2, 0.25) is 0 Å². The topological polar surface area (TPSA) is 51.0 Å². The lowest BCUT2D eigenvalue weighted by atomic mass is 10.00. The highest BCUT2D eigenvalue weighted by atomic mass is 16.5. The minimum Gasteiger partial charge on any atom is -0.462 e. The minimum absolute atomic E-state index is 0.0251. The van der Waals surface area contributed by atoms with Gasteiger partial charge in [-0.15, -0.1) is 0 Å². The van der Waals surface area contributed by atoms with Crippen LogP contribution in [0.5, 0.6) is 0 Å². The van der Waals surface area contributed by atoms with Crippen molar-refractivity contribution in [3.8, 4) is 0 Å². The molecule has 98 valence electrons. The predicted octanol–water partition coefficient (Wildman–Crippen LogP) is -0.245. The summed E-state index contributed by atoms with van der Waals surface area (Å²) >= 11 is 0. The monoisotopic (exact) mass is 242 g/mol. The molecule has 17 heavy (non-hydrogen) atoms. The maximum Gasteiger partial charge on any atom is 0.306 e. The molecule has 2 N–H and O–H groups in total. The Morgan fingerprint density at radius 2 is 2.12 bits per heavy atom. The molecule has 0 amide bonds. The third-order valence-electron chi connectivity index (χ3n) is 4.16. The summed E-state index contributed by atoms with van der Waals surface area (Å²) in [7, 11) is 2.14. The number of carbonyl (C=O) groups excluding carboxylic acids is 1. The molecule has 0 saturated carbocycles. The molecule has 2 saturated heterocycles. The van der Waals surface area contributed by atoms with Crippen LogP contribution in [0.15, 0.2) is 0 Å². The number of piperidine rings is 1. The molecule has 0 spiro atoms. The van der Waals surface area contributed by atoms with E-state index in [1.165, 1.54) is 4.90 Å². The van der Waals surface area contributed by atoms with Crippen molar-refractivity contribution in [2.24, 2.45) is 5.92 Å². The second-order valence-corrected chi connectivity index (χ2v) is 6.03. The Kier molecular flexibility index (Phi) is 3.73. The van der Waals surface area contributed by atoms with Crippen LogP contribution in [-0.4, -0.2) is 42.4 Å². The SMILES string of the molecule is CC(C)CC(=O)O[C@H]1C[C@H]2C[C@@H](O)[C@@H](C1)[NH+]2C. The zero-order valence-corrected chi connectivity index (χ0v) is 11.0. The Bertz CT molecular complexity index is 292. The van der Waals surface area contributed by atoms with Crippen LogP contribution >= 0.6 is 0 Å². The molecule has 2 bridgehead atoms. The van der Waals surface area contributed by atoms with E-state index in [0.29, 0.717) is 18.4 Å². The Morgan fingerprint density at radius 1 is 1.41 bits per heavy atom. The van der Waals surface area contributed by atoms with Gasteiger partial charge in [-0.1, -0.05) is 13.8 Å². The lowest BCUT2D eigenvalue weighted by molar-refractivity contribution is -0.924. The molecule has 4 nitrogen and oxygen atoms in total. The van der Waals surface area contributed by atoms with Crippen LogP contribution in [0.3, 0.4) is 0 Å². The van der Waals surface area contributed by atoms with E-state index in [1.54, 1.807) is 0 Å². The largest absolute Gasteiger partial charge is 0.462 e. The normalized spacial score (nSPS) is 40.6. The summed E-state index contributed by atoms with van der Waals surface area (Å²) in [6.45, 7) is 4.04. The molecule has 0 aromatic heterocycles. The number of fused-ring (bicyclic) bond motifs is 2. The number of aliphatic hydroxyl groups excluding tert-OH is 1. The Balaban J connectivity index is 1.87. The lowest BCUT2D eigenvalue weighted by Crippen LogP contribution is -3.16. The standard InChI is InChI=1S/C13H23NO3/c1-8(2)4-13(16)17-10-5-9-6-12(15)11(7-10)14(9)3/h8-12,15H,4-7H2,1-3H3/p+1/t9-,10-,11+,12+/m0/s1. The molecule has 0 aromatic rings. The van der Waals surface area contributed by atoms with E-state index < -0.39 is 0 Å². The molecule has 0 aromatic carbocycles. The fourth-order valence-corrected chi connectivity index (χ4v) is 3.23. The molecule has 2 rings (SSSR count). The summed E-state index contributed by atoms with van der Waals surface area (Å²) in [5.74, 6) is 0.264. The van der Waals surface area contributed by atoms with Gasteiger partial charge in [-0.3, -0.25) is 4.79 Å². The van der Waals surface area contributed by atoms with Gasteiger partial charge in [-0.05, 0) is 5.92 Å². The van der Waals surface area contributed by atoms with Gasteiger partial charge in [0.1, 0.15) is 18.2 Å². The van der Waals surface area contributed by atoms with E-state index in [2.05, 4.69) is 7.05 Å². The van der Waals surface area contributed by atoms with Gasteiger partial charge in [-0.2, -0.15) is 0 Å². The third kappa shape index (κ3) is 2.80. The number of quaternary nitrogens is 1. The van der Waals surface area contributed by atoms with Gasteiger partial charge in [0.2, 0.25) is 0 Å². The zero-order chi connectivity index (χ0) is 12.6. The van der Waals surface area contributed by atoms with Crippen molar-refractivity contribution in [3.05, 3.63) is 0 Å². The summed E-state index contributed by atoms with van der Waals surface area (Å²) in [5.41, 5.74) is 0. The first-order valence-electron chi connectivity index (χ1n) is 6.68. The van der Waals surface area contributed by atoms with Gasteiger partial charge in [-0.25, -0.2) is 0 Å². The third-order valence-corrected chi connectivity index (χ3v) is 4.16. The molecular formula is C13H24NO3+. The number of hydrogen-bond donors (Lipinski definition) is 2. The van der Waals surface area contributed by atoms with Crippen LogP contribution < -0.4 is 4.90 Å². The van der Waals surface area contributed by atoms with Crippen molar-refractivity contribution in [1.29, 1.82) is 0 Å². The maximum absolute atomic E-state index is 11.6. The number of hydrogen-bond acceptors (Lipinski definition) is 3. The fourth-order valence-electron chi connectivity index (χ4n) is 3.23. The maximum atomic E-state index is 11.6. The number of nitrogens with one attached hydrogen (secondary N) is 1. The molecule has 2 heterocycles. The lowest BCUT2D eigenvalue weighted by Gasteiger charge is -2.33. The zero-order valence-electron chi connectivity index (χ0n) is 11.0. The molecule has 2 fully saturated rings. The first kappa shape index (κ1) is 12.8. The van der Waals surface area contributed by atoms with Gasteiger partial charge in [0.05, 0.1) is 13.1 Å². The first-order chi connectivity index (χ1) is 7.97. The van der Waals surface area contributed by atoms with Crippen LogP contribution in [0.4, 0.5) is 0 Å². The average molecular weight is 242 g/mol. The molecule has 4 heteroatoms. The number of esters is 1. The van der Waals surface area contributed by atoms with Crippen molar-refractivity contribution in [2.75, 3.05) is 7.05 Å². The summed E-state index contributed by atoms with van der Waals surface area (Å²) in [5, 5.41) is 9.91. The second kappa shape index (κ2) is 4.94. The van der Waals surface area contributed by atoms with Crippen LogP contribution in [0, 0.1) is 5.92 Å². The number of rotatable bonds is 3. The van der Waals surface area contributed by atoms with E-state index in [1.807, 2.05) is 13.8 Å². The number of aliphatic hydroxyl groups is 1. The first-order valence-corrected chi connectivity index (χ1v) is 6.68. The van der Waals surface area contributed by atoms with Crippen molar-refractivity contribution in [3.63, 3.8) is 0 Å². The van der Waals surface area contributed by atoms with Crippen LogP contribution in [0.1, 0.15) is 39.5 Å². The van der Waals surface area contributed by atoms with Gasteiger partial charge in [0.25, 0.3) is 0 Å². The van der Waals surface area contributed by atoms with E-state index >= 15 is 0 Å². The van der Waals surface area contributed by atoms with Gasteiger partial charge in [0, 0.05) is 25.7 Å². The smallest absolute Gasteiger partial charge is 0.306 e. The van der Waals surface area contributed by atoms with E-state index in [-0.39, 0.29) is 24.2 Å². The minimum atomic E-state index is -0.214.